The minimum absolute atomic E-state index is 0.0323. The lowest BCUT2D eigenvalue weighted by atomic mass is 10.1. The quantitative estimate of drug-likeness (QED) is 0.0906. The minimum atomic E-state index is -0.564. The third-order valence-electron chi connectivity index (χ3n) is 6.63. The summed E-state index contributed by atoms with van der Waals surface area (Å²) in [4.78, 5) is 29.9. The number of nitro groups is 1. The second kappa shape index (κ2) is 12.2. The molecule has 0 spiro atoms. The molecule has 0 atom stereocenters. The molecule has 0 radical (unpaired) electrons. The highest BCUT2D eigenvalue weighted by Gasteiger charge is 2.23. The van der Waals surface area contributed by atoms with Gasteiger partial charge in [-0.1, -0.05) is 47.5 Å². The monoisotopic (exact) mass is 628 g/mol. The number of fused-ring (bicyclic) bond motifs is 2. The SMILES string of the molecule is CCOc1cc(C=Nn2c(-c3cc4cc(Cl)ccc4o3)nc3ccccc3c2=O)cc([N+](=O)[O-])c1OCc1ccc(Cl)cc1. The van der Waals surface area contributed by atoms with Crippen LogP contribution < -0.4 is 15.0 Å². The Balaban J connectivity index is 1.44. The standard InChI is InChI=1S/C32H22Cl2N4O6/c1-2-42-28-14-20(13-26(38(40)41)30(28)43-18-19-7-9-22(33)10-8-19)17-35-37-31(36-25-6-4-3-5-24(25)32(37)39)29-16-21-15-23(34)11-12-27(21)44-29/h3-17H,2,18H2,1H3. The number of ether oxygens (including phenoxy) is 2. The molecule has 220 valence electrons. The van der Waals surface area contributed by atoms with Gasteiger partial charge in [-0.2, -0.15) is 9.78 Å². The first-order chi connectivity index (χ1) is 21.3. The normalized spacial score (nSPS) is 11.4. The molecule has 0 saturated carbocycles. The van der Waals surface area contributed by atoms with Crippen LogP contribution in [0.2, 0.25) is 10.0 Å². The van der Waals surface area contributed by atoms with Crippen molar-refractivity contribution in [2.45, 2.75) is 13.5 Å². The number of halogens is 2. The predicted octanol–water partition coefficient (Wildman–Crippen LogP) is 7.88. The average molecular weight is 629 g/mol. The average Bonchev–Trinajstić information content (AvgIpc) is 3.44. The fourth-order valence-corrected chi connectivity index (χ4v) is 4.91. The summed E-state index contributed by atoms with van der Waals surface area (Å²) in [5.41, 5.74) is 1.27. The first-order valence-corrected chi connectivity index (χ1v) is 14.1. The molecule has 2 aromatic heterocycles. The number of rotatable bonds is 9. The Hall–Kier alpha value is -5.19. The molecule has 10 nitrogen and oxygen atoms in total. The minimum Gasteiger partial charge on any atom is -0.490 e. The van der Waals surface area contributed by atoms with Crippen molar-refractivity contribution in [3.63, 3.8) is 0 Å². The van der Waals surface area contributed by atoms with E-state index in [1.54, 1.807) is 85.8 Å². The lowest BCUT2D eigenvalue weighted by Gasteiger charge is -2.13. The van der Waals surface area contributed by atoms with Gasteiger partial charge in [0.1, 0.15) is 12.2 Å². The Kier molecular flexibility index (Phi) is 8.01. The first kappa shape index (κ1) is 28.9. The number of benzene rings is 4. The number of nitro benzene ring substituents is 1. The largest absolute Gasteiger partial charge is 0.490 e. The van der Waals surface area contributed by atoms with Crippen LogP contribution in [0, 0.1) is 10.1 Å². The summed E-state index contributed by atoms with van der Waals surface area (Å²) >= 11 is 12.1. The Morgan fingerprint density at radius 3 is 2.55 bits per heavy atom. The first-order valence-electron chi connectivity index (χ1n) is 13.4. The Labute approximate surface area is 259 Å². The van der Waals surface area contributed by atoms with Gasteiger partial charge in [0.05, 0.1) is 28.6 Å². The topological polar surface area (TPSA) is 122 Å². The molecule has 0 amide bonds. The summed E-state index contributed by atoms with van der Waals surface area (Å²) < 4.78 is 18.7. The smallest absolute Gasteiger partial charge is 0.315 e. The molecule has 0 aliphatic heterocycles. The van der Waals surface area contributed by atoms with Crippen molar-refractivity contribution in [1.82, 2.24) is 9.66 Å². The maximum atomic E-state index is 13.6. The number of hydrogen-bond acceptors (Lipinski definition) is 8. The van der Waals surface area contributed by atoms with Crippen LogP contribution in [0.1, 0.15) is 18.1 Å². The lowest BCUT2D eigenvalue weighted by molar-refractivity contribution is -0.386. The van der Waals surface area contributed by atoms with Crippen molar-refractivity contribution in [2.75, 3.05) is 6.61 Å². The number of hydrogen-bond donors (Lipinski definition) is 0. The summed E-state index contributed by atoms with van der Waals surface area (Å²) in [6, 6.07) is 23.5. The van der Waals surface area contributed by atoms with Crippen molar-refractivity contribution in [3.05, 3.63) is 127 Å². The Bertz CT molecular complexity index is 2120. The van der Waals surface area contributed by atoms with Crippen LogP contribution in [0.5, 0.6) is 11.5 Å². The second-order valence-electron chi connectivity index (χ2n) is 9.58. The van der Waals surface area contributed by atoms with Crippen molar-refractivity contribution < 1.29 is 18.8 Å². The van der Waals surface area contributed by atoms with Crippen molar-refractivity contribution >= 4 is 57.0 Å². The van der Waals surface area contributed by atoms with E-state index in [0.717, 1.165) is 15.6 Å². The molecule has 0 unspecified atom stereocenters. The van der Waals surface area contributed by atoms with Crippen molar-refractivity contribution in [1.29, 1.82) is 0 Å². The van der Waals surface area contributed by atoms with Crippen molar-refractivity contribution in [2.24, 2.45) is 5.10 Å². The zero-order valence-electron chi connectivity index (χ0n) is 23.1. The fraction of sp³-hybridized carbons (Fsp3) is 0.0938. The molecule has 0 saturated heterocycles. The van der Waals surface area contributed by atoms with E-state index in [-0.39, 0.29) is 42.0 Å². The maximum absolute atomic E-state index is 13.6. The van der Waals surface area contributed by atoms with Gasteiger partial charge in [-0.3, -0.25) is 14.9 Å². The molecule has 6 rings (SSSR count). The zero-order chi connectivity index (χ0) is 30.8. The molecule has 44 heavy (non-hydrogen) atoms. The van der Waals surface area contributed by atoms with E-state index >= 15 is 0 Å². The highest BCUT2D eigenvalue weighted by atomic mass is 35.5. The summed E-state index contributed by atoms with van der Waals surface area (Å²) in [5, 5.41) is 18.7. The van der Waals surface area contributed by atoms with Crippen LogP contribution in [-0.2, 0) is 6.61 Å². The number of para-hydroxylation sites is 1. The molecule has 0 N–H and O–H groups in total. The van der Waals surface area contributed by atoms with Gasteiger partial charge in [0.2, 0.25) is 11.6 Å². The fourth-order valence-electron chi connectivity index (χ4n) is 4.60. The number of furan rings is 1. The highest BCUT2D eigenvalue weighted by molar-refractivity contribution is 6.31. The van der Waals surface area contributed by atoms with E-state index in [1.165, 1.54) is 12.3 Å². The molecule has 0 aliphatic rings. The molecule has 12 heteroatoms. The van der Waals surface area contributed by atoms with Crippen LogP contribution >= 0.6 is 23.2 Å². The van der Waals surface area contributed by atoms with Gasteiger partial charge in [0.15, 0.2) is 11.5 Å². The van der Waals surface area contributed by atoms with E-state index in [9.17, 15) is 14.9 Å². The molecule has 4 aromatic carbocycles. The zero-order valence-corrected chi connectivity index (χ0v) is 24.6. The van der Waals surface area contributed by atoms with E-state index < -0.39 is 10.5 Å². The summed E-state index contributed by atoms with van der Waals surface area (Å²) in [7, 11) is 0. The maximum Gasteiger partial charge on any atom is 0.315 e. The molecule has 0 fully saturated rings. The Morgan fingerprint density at radius 1 is 1.00 bits per heavy atom. The molecule has 6 aromatic rings. The molecular weight excluding hydrogens is 607 g/mol. The lowest BCUT2D eigenvalue weighted by Crippen LogP contribution is -2.20. The van der Waals surface area contributed by atoms with E-state index in [2.05, 4.69) is 10.1 Å². The molecule has 0 aliphatic carbocycles. The number of aromatic nitrogens is 2. The van der Waals surface area contributed by atoms with Crippen LogP contribution in [0.25, 0.3) is 33.5 Å². The summed E-state index contributed by atoms with van der Waals surface area (Å²) in [6.07, 6.45) is 1.32. The van der Waals surface area contributed by atoms with Crippen LogP contribution in [0.3, 0.4) is 0 Å². The predicted molar refractivity (Wildman–Crippen MR) is 169 cm³/mol. The van der Waals surface area contributed by atoms with Gasteiger partial charge < -0.3 is 13.9 Å². The third-order valence-corrected chi connectivity index (χ3v) is 7.11. The van der Waals surface area contributed by atoms with E-state index in [0.29, 0.717) is 32.1 Å². The number of nitrogens with zero attached hydrogens (tertiary/aromatic N) is 4. The summed E-state index contributed by atoms with van der Waals surface area (Å²) in [6.45, 7) is 2.03. The van der Waals surface area contributed by atoms with Crippen LogP contribution in [0.4, 0.5) is 5.69 Å². The van der Waals surface area contributed by atoms with E-state index in [4.69, 9.17) is 37.1 Å². The van der Waals surface area contributed by atoms with Gasteiger partial charge in [-0.15, -0.1) is 0 Å². The van der Waals surface area contributed by atoms with E-state index in [1.807, 2.05) is 0 Å². The van der Waals surface area contributed by atoms with Gasteiger partial charge >= 0.3 is 5.69 Å². The Morgan fingerprint density at radius 2 is 1.77 bits per heavy atom. The van der Waals surface area contributed by atoms with Gasteiger partial charge in [0.25, 0.3) is 5.56 Å². The van der Waals surface area contributed by atoms with Gasteiger partial charge in [0, 0.05) is 27.1 Å². The van der Waals surface area contributed by atoms with Crippen molar-refractivity contribution in [3.8, 4) is 23.1 Å². The molecule has 2 heterocycles. The van der Waals surface area contributed by atoms with Crippen LogP contribution in [-0.4, -0.2) is 27.4 Å². The van der Waals surface area contributed by atoms with Crippen LogP contribution in [0.15, 0.2) is 99.2 Å². The third kappa shape index (κ3) is 5.85. The summed E-state index contributed by atoms with van der Waals surface area (Å²) in [5.74, 6) is 0.541. The van der Waals surface area contributed by atoms with Gasteiger partial charge in [-0.25, -0.2) is 4.98 Å². The molecular formula is C32H22Cl2N4O6. The molecule has 0 bridgehead atoms. The van der Waals surface area contributed by atoms with Gasteiger partial charge in [-0.05, 0) is 67.1 Å². The highest BCUT2D eigenvalue weighted by Crippen LogP contribution is 2.39. The second-order valence-corrected chi connectivity index (χ2v) is 10.5.